The molecule has 4 N–H and O–H groups in total. The van der Waals surface area contributed by atoms with E-state index in [1.807, 2.05) is 4.98 Å². The molecule has 2 aromatic heterocycles. The lowest BCUT2D eigenvalue weighted by atomic mass is 10.2. The molecule has 88 valence electrons. The van der Waals surface area contributed by atoms with Crippen LogP contribution in [0.2, 0.25) is 0 Å². The van der Waals surface area contributed by atoms with Gasteiger partial charge in [-0.25, -0.2) is 14.6 Å². The van der Waals surface area contributed by atoms with Crippen LogP contribution in [-0.2, 0) is 4.74 Å². The topological polar surface area (TPSA) is 131 Å². The maximum absolute atomic E-state index is 11.5. The van der Waals surface area contributed by atoms with E-state index in [0.29, 0.717) is 0 Å². The zero-order valence-corrected chi connectivity index (χ0v) is 8.73. The summed E-state index contributed by atoms with van der Waals surface area (Å²) in [5, 5.41) is -0.0486. The minimum atomic E-state index is -0.709. The molecule has 0 atom stereocenters. The molecule has 0 bridgehead atoms. The molecule has 0 aromatic carbocycles. The van der Waals surface area contributed by atoms with Crippen LogP contribution in [0.3, 0.4) is 0 Å². The average molecular weight is 236 g/mol. The van der Waals surface area contributed by atoms with Gasteiger partial charge in [0.2, 0.25) is 0 Å². The second-order valence-electron chi connectivity index (χ2n) is 3.21. The number of anilines is 1. The lowest BCUT2D eigenvalue weighted by Gasteiger charge is -2.05. The Morgan fingerprint density at radius 2 is 2.12 bits per heavy atom. The Bertz CT molecular complexity index is 715. The number of nitrogens with two attached hydrogens (primary N) is 1. The first-order valence-electron chi connectivity index (χ1n) is 4.53. The van der Waals surface area contributed by atoms with E-state index in [4.69, 9.17) is 5.73 Å². The van der Waals surface area contributed by atoms with Gasteiger partial charge in [-0.3, -0.25) is 14.8 Å². The van der Waals surface area contributed by atoms with Gasteiger partial charge in [-0.1, -0.05) is 0 Å². The van der Waals surface area contributed by atoms with E-state index in [0.717, 1.165) is 6.20 Å². The Hall–Kier alpha value is -2.64. The highest BCUT2D eigenvalue weighted by Gasteiger charge is 2.16. The minimum absolute atomic E-state index is 0.0175. The number of hydrogen-bond donors (Lipinski definition) is 3. The fourth-order valence-electron chi connectivity index (χ4n) is 1.43. The number of fused-ring (bicyclic) bond motifs is 1. The van der Waals surface area contributed by atoms with E-state index in [9.17, 15) is 14.4 Å². The van der Waals surface area contributed by atoms with Crippen molar-refractivity contribution in [2.75, 3.05) is 12.8 Å². The maximum atomic E-state index is 11.5. The van der Waals surface area contributed by atoms with Gasteiger partial charge in [-0.05, 0) is 0 Å². The molecule has 8 heteroatoms. The van der Waals surface area contributed by atoms with Crippen LogP contribution in [0.15, 0.2) is 15.8 Å². The van der Waals surface area contributed by atoms with Crippen LogP contribution in [0.5, 0.6) is 0 Å². The molecule has 0 fully saturated rings. The van der Waals surface area contributed by atoms with Gasteiger partial charge in [-0.15, -0.1) is 0 Å². The van der Waals surface area contributed by atoms with Crippen LogP contribution in [-0.4, -0.2) is 28.0 Å². The number of carbonyl (C=O) groups is 1. The third-order valence-corrected chi connectivity index (χ3v) is 2.21. The van der Waals surface area contributed by atoms with Gasteiger partial charge in [0.25, 0.3) is 5.56 Å². The Kier molecular flexibility index (Phi) is 2.39. The summed E-state index contributed by atoms with van der Waals surface area (Å²) in [5.74, 6) is -0.706. The molecule has 17 heavy (non-hydrogen) atoms. The number of rotatable bonds is 1. The van der Waals surface area contributed by atoms with E-state index in [1.165, 1.54) is 7.11 Å². The number of pyridine rings is 1. The summed E-state index contributed by atoms with van der Waals surface area (Å²) in [6.07, 6.45) is 1.14. The number of aromatic amines is 2. The number of nitrogens with one attached hydrogen (secondary N) is 2. The average Bonchev–Trinajstić information content (AvgIpc) is 2.27. The minimum Gasteiger partial charge on any atom is -0.465 e. The van der Waals surface area contributed by atoms with Gasteiger partial charge in [0.15, 0.2) is 0 Å². The molecule has 2 heterocycles. The van der Waals surface area contributed by atoms with E-state index in [1.54, 1.807) is 0 Å². The second-order valence-corrected chi connectivity index (χ2v) is 3.21. The third kappa shape index (κ3) is 1.65. The molecule has 2 aromatic rings. The highest BCUT2D eigenvalue weighted by Crippen LogP contribution is 2.17. The number of nitrogens with zero attached hydrogens (tertiary/aromatic N) is 1. The Morgan fingerprint density at radius 3 is 2.76 bits per heavy atom. The number of ether oxygens (including phenoxy) is 1. The van der Waals surface area contributed by atoms with E-state index < -0.39 is 17.2 Å². The van der Waals surface area contributed by atoms with Crippen molar-refractivity contribution in [1.29, 1.82) is 0 Å². The molecular formula is C9H8N4O4. The van der Waals surface area contributed by atoms with Crippen molar-refractivity contribution in [1.82, 2.24) is 15.0 Å². The third-order valence-electron chi connectivity index (χ3n) is 2.21. The number of methoxy groups -OCH3 is 1. The molecule has 0 aliphatic rings. The molecule has 0 spiro atoms. The molecule has 8 nitrogen and oxygen atoms in total. The highest BCUT2D eigenvalue weighted by atomic mass is 16.5. The Morgan fingerprint density at radius 1 is 1.41 bits per heavy atom. The van der Waals surface area contributed by atoms with E-state index in [-0.39, 0.29) is 22.3 Å². The van der Waals surface area contributed by atoms with Crippen molar-refractivity contribution in [3.05, 3.63) is 32.6 Å². The van der Waals surface area contributed by atoms with Gasteiger partial charge >= 0.3 is 11.7 Å². The quantitative estimate of drug-likeness (QED) is 0.543. The second kappa shape index (κ2) is 3.74. The van der Waals surface area contributed by atoms with Gasteiger partial charge in [-0.2, -0.15) is 0 Å². The van der Waals surface area contributed by atoms with E-state index in [2.05, 4.69) is 14.7 Å². The highest BCUT2D eigenvalue weighted by molar-refractivity contribution is 6.02. The lowest BCUT2D eigenvalue weighted by molar-refractivity contribution is 0.0601. The predicted molar refractivity (Wildman–Crippen MR) is 58.7 cm³/mol. The standard InChI is InChI=1S/C9H8N4O4/c1-17-8(15)3-2-11-6-4(5(3)10)7(14)13-9(16)12-6/h2H,1H3,(H4,10,11,12,13,14,16). The summed E-state index contributed by atoms with van der Waals surface area (Å²) < 4.78 is 4.49. The maximum Gasteiger partial charge on any atom is 0.341 e. The Balaban J connectivity index is 2.89. The smallest absolute Gasteiger partial charge is 0.341 e. The summed E-state index contributed by atoms with van der Waals surface area (Å²) in [6.45, 7) is 0. The zero-order valence-electron chi connectivity index (χ0n) is 8.73. The summed E-state index contributed by atoms with van der Waals surface area (Å²) >= 11 is 0. The number of H-pyrrole nitrogens is 2. The summed E-state index contributed by atoms with van der Waals surface area (Å²) in [4.78, 5) is 41.9. The van der Waals surface area contributed by atoms with Gasteiger partial charge in [0.1, 0.15) is 16.6 Å². The van der Waals surface area contributed by atoms with Crippen molar-refractivity contribution in [3.8, 4) is 0 Å². The molecule has 0 saturated carbocycles. The van der Waals surface area contributed by atoms with Crippen LogP contribution in [0, 0.1) is 0 Å². The SMILES string of the molecule is COC(=O)c1cnc2[nH]c(=O)[nH]c(=O)c2c1N. The van der Waals surface area contributed by atoms with Crippen molar-refractivity contribution in [2.24, 2.45) is 0 Å². The van der Waals surface area contributed by atoms with Gasteiger partial charge < -0.3 is 10.5 Å². The van der Waals surface area contributed by atoms with Crippen molar-refractivity contribution < 1.29 is 9.53 Å². The molecule has 0 saturated heterocycles. The number of aromatic nitrogens is 3. The first-order valence-corrected chi connectivity index (χ1v) is 4.53. The first kappa shape index (κ1) is 10.9. The first-order chi connectivity index (χ1) is 8.04. The van der Waals surface area contributed by atoms with Gasteiger partial charge in [0.05, 0.1) is 12.8 Å². The number of hydrogen-bond acceptors (Lipinski definition) is 6. The number of nitrogen functional groups attached to an aromatic ring is 1. The summed E-state index contributed by atoms with van der Waals surface area (Å²) in [6, 6.07) is 0. The number of carbonyl (C=O) groups excluding carboxylic acids is 1. The Labute approximate surface area is 93.4 Å². The number of esters is 1. The molecule has 0 aliphatic carbocycles. The summed E-state index contributed by atoms with van der Waals surface area (Å²) in [5.41, 5.74) is 4.16. The monoisotopic (exact) mass is 236 g/mol. The van der Waals surface area contributed by atoms with Crippen molar-refractivity contribution in [2.45, 2.75) is 0 Å². The van der Waals surface area contributed by atoms with E-state index >= 15 is 0 Å². The van der Waals surface area contributed by atoms with Crippen LogP contribution in [0.25, 0.3) is 11.0 Å². The fourth-order valence-corrected chi connectivity index (χ4v) is 1.43. The van der Waals surface area contributed by atoms with Crippen LogP contribution >= 0.6 is 0 Å². The molecule has 0 unspecified atom stereocenters. The lowest BCUT2D eigenvalue weighted by Crippen LogP contribution is -2.24. The van der Waals surface area contributed by atoms with Crippen LogP contribution in [0.4, 0.5) is 5.69 Å². The fraction of sp³-hybridized carbons (Fsp3) is 0.111. The summed E-state index contributed by atoms with van der Waals surface area (Å²) in [7, 11) is 1.18. The van der Waals surface area contributed by atoms with Crippen LogP contribution < -0.4 is 17.0 Å². The van der Waals surface area contributed by atoms with Crippen molar-refractivity contribution >= 4 is 22.7 Å². The van der Waals surface area contributed by atoms with Gasteiger partial charge in [0, 0.05) is 6.20 Å². The molecule has 0 aliphatic heterocycles. The van der Waals surface area contributed by atoms with Crippen molar-refractivity contribution in [3.63, 3.8) is 0 Å². The zero-order chi connectivity index (χ0) is 12.6. The predicted octanol–water partition coefficient (Wildman–Crippen LogP) is -1.02. The normalized spacial score (nSPS) is 10.4. The molecule has 2 rings (SSSR count). The molecular weight excluding hydrogens is 228 g/mol. The largest absolute Gasteiger partial charge is 0.465 e. The molecule has 0 radical (unpaired) electrons. The molecule has 0 amide bonds. The van der Waals surface area contributed by atoms with Crippen LogP contribution in [0.1, 0.15) is 10.4 Å².